The van der Waals surface area contributed by atoms with E-state index in [1.54, 1.807) is 30.0 Å². The van der Waals surface area contributed by atoms with Crippen LogP contribution in [0.1, 0.15) is 25.3 Å². The fourth-order valence-electron chi connectivity index (χ4n) is 6.07. The van der Waals surface area contributed by atoms with E-state index in [4.69, 9.17) is 4.74 Å². The first-order valence-corrected chi connectivity index (χ1v) is 13.0. The van der Waals surface area contributed by atoms with Crippen LogP contribution in [0.4, 0.5) is 11.4 Å². The van der Waals surface area contributed by atoms with Gasteiger partial charge < -0.3 is 9.64 Å². The van der Waals surface area contributed by atoms with E-state index in [0.717, 1.165) is 16.5 Å². The third-order valence-electron chi connectivity index (χ3n) is 8.02. The maximum Gasteiger partial charge on any atom is 0.316 e. The number of amides is 3. The Balaban J connectivity index is 1.17. The zero-order valence-corrected chi connectivity index (χ0v) is 21.3. The van der Waals surface area contributed by atoms with Crippen LogP contribution in [-0.2, 0) is 19.2 Å². The monoisotopic (exact) mass is 508 g/mol. The van der Waals surface area contributed by atoms with Gasteiger partial charge in [0.05, 0.1) is 29.1 Å². The van der Waals surface area contributed by atoms with E-state index >= 15 is 0 Å². The quantitative estimate of drug-likeness (QED) is 0.219. The Morgan fingerprint density at radius 3 is 2.53 bits per heavy atom. The second-order valence-electron chi connectivity index (χ2n) is 10.4. The van der Waals surface area contributed by atoms with Crippen molar-refractivity contribution >= 4 is 45.8 Å². The lowest BCUT2D eigenvalue weighted by Gasteiger charge is -2.22. The molecule has 2 saturated heterocycles. The van der Waals surface area contributed by atoms with Gasteiger partial charge in [0, 0.05) is 18.4 Å². The molecule has 0 radical (unpaired) electrons. The SMILES string of the molecule is Cc1cc(OC(=O)[C@@H]2CC(=O)N(c3cccc4ccccc34)C2)ccc1N1C(=O)[C@H]2[C@@H](C)C=CC[C@H]2C1=O. The topological polar surface area (TPSA) is 84.0 Å². The molecular weight excluding hydrogens is 480 g/mol. The minimum atomic E-state index is -0.597. The Morgan fingerprint density at radius 2 is 1.74 bits per heavy atom. The first-order chi connectivity index (χ1) is 18.3. The highest BCUT2D eigenvalue weighted by atomic mass is 16.5. The number of carbonyl (C=O) groups excluding carboxylic acids is 4. The maximum atomic E-state index is 13.2. The number of fused-ring (bicyclic) bond motifs is 2. The van der Waals surface area contributed by atoms with Crippen LogP contribution in [-0.4, -0.2) is 30.2 Å². The molecule has 2 heterocycles. The number of ether oxygens (including phenoxy) is 1. The number of hydrogen-bond acceptors (Lipinski definition) is 5. The normalized spacial score (nSPS) is 24.8. The van der Waals surface area contributed by atoms with Crippen molar-refractivity contribution in [3.63, 3.8) is 0 Å². The smallest absolute Gasteiger partial charge is 0.316 e. The first-order valence-electron chi connectivity index (χ1n) is 13.0. The van der Waals surface area contributed by atoms with Crippen LogP contribution in [0.3, 0.4) is 0 Å². The second-order valence-corrected chi connectivity index (χ2v) is 10.4. The molecule has 2 fully saturated rings. The van der Waals surface area contributed by atoms with Crippen LogP contribution >= 0.6 is 0 Å². The summed E-state index contributed by atoms with van der Waals surface area (Å²) in [6.45, 7) is 4.00. The largest absolute Gasteiger partial charge is 0.426 e. The van der Waals surface area contributed by atoms with E-state index in [-0.39, 0.29) is 48.4 Å². The van der Waals surface area contributed by atoms with E-state index in [2.05, 4.69) is 0 Å². The fourth-order valence-corrected chi connectivity index (χ4v) is 6.07. The van der Waals surface area contributed by atoms with E-state index in [1.807, 2.05) is 61.5 Å². The maximum absolute atomic E-state index is 13.2. The third-order valence-corrected chi connectivity index (χ3v) is 8.02. The molecule has 3 amide bonds. The molecule has 7 nitrogen and oxygen atoms in total. The van der Waals surface area contributed by atoms with Crippen molar-refractivity contribution in [1.29, 1.82) is 0 Å². The lowest BCUT2D eigenvalue weighted by Crippen LogP contribution is -2.32. The third kappa shape index (κ3) is 3.90. The van der Waals surface area contributed by atoms with Crippen molar-refractivity contribution in [2.24, 2.45) is 23.7 Å². The number of allylic oxidation sites excluding steroid dienone is 2. The van der Waals surface area contributed by atoms with Gasteiger partial charge in [-0.1, -0.05) is 55.5 Å². The molecule has 0 spiro atoms. The Hall–Kier alpha value is -4.26. The van der Waals surface area contributed by atoms with Crippen LogP contribution in [0.15, 0.2) is 72.8 Å². The number of imide groups is 1. The van der Waals surface area contributed by atoms with Crippen LogP contribution < -0.4 is 14.5 Å². The zero-order chi connectivity index (χ0) is 26.6. The molecule has 7 heteroatoms. The fraction of sp³-hybridized carbons (Fsp3) is 0.290. The van der Waals surface area contributed by atoms with E-state index in [9.17, 15) is 19.2 Å². The Bertz CT molecular complexity index is 1520. The van der Waals surface area contributed by atoms with Crippen molar-refractivity contribution in [3.05, 3.63) is 78.4 Å². The number of carbonyl (C=O) groups is 4. The number of benzene rings is 3. The molecule has 38 heavy (non-hydrogen) atoms. The minimum absolute atomic E-state index is 0.0123. The number of rotatable bonds is 4. The number of aryl methyl sites for hydroxylation is 1. The van der Waals surface area contributed by atoms with Gasteiger partial charge in [0.25, 0.3) is 0 Å². The molecule has 3 aliphatic rings. The van der Waals surface area contributed by atoms with Crippen LogP contribution in [0.2, 0.25) is 0 Å². The average Bonchev–Trinajstić information content (AvgIpc) is 3.42. The van der Waals surface area contributed by atoms with Crippen molar-refractivity contribution in [2.45, 2.75) is 26.7 Å². The van der Waals surface area contributed by atoms with Crippen LogP contribution in [0, 0.1) is 30.6 Å². The molecule has 0 saturated carbocycles. The highest BCUT2D eigenvalue weighted by Crippen LogP contribution is 2.42. The van der Waals surface area contributed by atoms with Gasteiger partial charge in [-0.05, 0) is 54.5 Å². The standard InChI is InChI=1S/C31H28N2O5/c1-18-7-5-11-24-28(18)30(36)33(29(24)35)25-14-13-22(15-19(25)2)38-31(37)21-16-27(34)32(17-21)26-12-6-9-20-8-3-4-10-23(20)26/h3-10,12-15,18,21,24,28H,11,16-17H2,1-2H3/t18-,21+,24+,28-/m0/s1. The van der Waals surface area contributed by atoms with Crippen molar-refractivity contribution in [2.75, 3.05) is 16.3 Å². The predicted molar refractivity (Wildman–Crippen MR) is 144 cm³/mol. The summed E-state index contributed by atoms with van der Waals surface area (Å²) in [5.74, 6) is -1.89. The second kappa shape index (κ2) is 9.24. The number of anilines is 2. The van der Waals surface area contributed by atoms with Gasteiger partial charge >= 0.3 is 5.97 Å². The van der Waals surface area contributed by atoms with Gasteiger partial charge in [-0.25, -0.2) is 4.90 Å². The number of hydrogen-bond donors (Lipinski definition) is 0. The minimum Gasteiger partial charge on any atom is -0.426 e. The molecule has 192 valence electrons. The summed E-state index contributed by atoms with van der Waals surface area (Å²) in [6.07, 6.45) is 4.62. The lowest BCUT2D eigenvalue weighted by molar-refractivity contribution is -0.139. The highest BCUT2D eigenvalue weighted by molar-refractivity contribution is 6.22. The summed E-state index contributed by atoms with van der Waals surface area (Å²) < 4.78 is 5.67. The molecule has 3 aromatic rings. The molecule has 4 atom stereocenters. The number of nitrogens with zero attached hydrogens (tertiary/aromatic N) is 2. The molecule has 0 aromatic heterocycles. The zero-order valence-electron chi connectivity index (χ0n) is 21.3. The van der Waals surface area contributed by atoms with Gasteiger partial charge in [0.15, 0.2) is 0 Å². The lowest BCUT2D eigenvalue weighted by atomic mass is 9.78. The molecule has 3 aromatic carbocycles. The number of esters is 1. The van der Waals surface area contributed by atoms with E-state index in [1.165, 1.54) is 4.90 Å². The van der Waals surface area contributed by atoms with Crippen LogP contribution in [0.5, 0.6) is 5.75 Å². The predicted octanol–water partition coefficient (Wildman–Crippen LogP) is 4.81. The van der Waals surface area contributed by atoms with Crippen molar-refractivity contribution < 1.29 is 23.9 Å². The Morgan fingerprint density at radius 1 is 0.947 bits per heavy atom. The Kier molecular flexibility index (Phi) is 5.86. The summed E-state index contributed by atoms with van der Waals surface area (Å²) in [4.78, 5) is 55.1. The summed E-state index contributed by atoms with van der Waals surface area (Å²) in [5.41, 5.74) is 1.96. The summed E-state index contributed by atoms with van der Waals surface area (Å²) in [5, 5.41) is 1.99. The molecular formula is C31H28N2O5. The van der Waals surface area contributed by atoms with Gasteiger partial charge in [-0.15, -0.1) is 0 Å². The van der Waals surface area contributed by atoms with E-state index < -0.39 is 11.9 Å². The van der Waals surface area contributed by atoms with Crippen LogP contribution in [0.25, 0.3) is 10.8 Å². The van der Waals surface area contributed by atoms with Gasteiger partial charge in [-0.2, -0.15) is 0 Å². The summed E-state index contributed by atoms with van der Waals surface area (Å²) >= 11 is 0. The van der Waals surface area contributed by atoms with Gasteiger partial charge in [0.1, 0.15) is 5.75 Å². The molecule has 0 bridgehead atoms. The molecule has 0 unspecified atom stereocenters. The molecule has 0 N–H and O–H groups in total. The molecule has 2 aliphatic heterocycles. The average molecular weight is 509 g/mol. The molecule has 1 aliphatic carbocycles. The summed E-state index contributed by atoms with van der Waals surface area (Å²) in [6, 6.07) is 18.6. The Labute approximate surface area is 220 Å². The van der Waals surface area contributed by atoms with Crippen molar-refractivity contribution in [1.82, 2.24) is 0 Å². The van der Waals surface area contributed by atoms with Crippen molar-refractivity contribution in [3.8, 4) is 5.75 Å². The molecule has 6 rings (SSSR count). The summed E-state index contributed by atoms with van der Waals surface area (Å²) in [7, 11) is 0. The van der Waals surface area contributed by atoms with E-state index in [0.29, 0.717) is 23.4 Å². The highest BCUT2D eigenvalue weighted by Gasteiger charge is 2.50. The van der Waals surface area contributed by atoms with Gasteiger partial charge in [-0.3, -0.25) is 19.2 Å². The first kappa shape index (κ1) is 24.1. The van der Waals surface area contributed by atoms with Gasteiger partial charge in [0.2, 0.25) is 17.7 Å².